The molecule has 64 valence electrons. The van der Waals surface area contributed by atoms with Gasteiger partial charge < -0.3 is 4.74 Å². The molecule has 1 heterocycles. The van der Waals surface area contributed by atoms with E-state index in [0.717, 1.165) is 0 Å². The van der Waals surface area contributed by atoms with Crippen molar-refractivity contribution in [2.24, 2.45) is 0 Å². The van der Waals surface area contributed by atoms with Crippen molar-refractivity contribution >= 4 is 17.7 Å². The zero-order valence-electron chi connectivity index (χ0n) is 6.56. The van der Waals surface area contributed by atoms with Crippen LogP contribution in [0.2, 0.25) is 0 Å². The quantitative estimate of drug-likeness (QED) is 0.394. The largest absolute Gasteiger partial charge is 0.468 e. The van der Waals surface area contributed by atoms with Gasteiger partial charge in [-0.2, -0.15) is 0 Å². The molecule has 5 heteroatoms. The van der Waals surface area contributed by atoms with Crippen LogP contribution in [0.1, 0.15) is 0 Å². The standard InChI is InChI=1S/C7H8N2O2S/c1-11-6(10)5-12-7-8-3-2-4-9-7/h2-4H,5H2,1H3. The van der Waals surface area contributed by atoms with E-state index in [1.54, 1.807) is 18.5 Å². The Morgan fingerprint density at radius 3 is 2.83 bits per heavy atom. The van der Waals surface area contributed by atoms with E-state index in [0.29, 0.717) is 5.16 Å². The molecule has 0 fully saturated rings. The second kappa shape index (κ2) is 4.71. The monoisotopic (exact) mass is 184 g/mol. The minimum atomic E-state index is -0.271. The van der Waals surface area contributed by atoms with Gasteiger partial charge in [0.1, 0.15) is 0 Å². The van der Waals surface area contributed by atoms with Gasteiger partial charge in [-0.1, -0.05) is 11.8 Å². The molecule has 1 rings (SSSR count). The molecule has 0 aromatic carbocycles. The highest BCUT2D eigenvalue weighted by Gasteiger charge is 2.02. The average Bonchev–Trinajstić information content (AvgIpc) is 2.16. The molecule has 0 aliphatic carbocycles. The summed E-state index contributed by atoms with van der Waals surface area (Å²) < 4.78 is 4.46. The van der Waals surface area contributed by atoms with Gasteiger partial charge in [0.2, 0.25) is 0 Å². The van der Waals surface area contributed by atoms with Gasteiger partial charge in [0.25, 0.3) is 0 Å². The number of methoxy groups -OCH3 is 1. The first kappa shape index (κ1) is 8.99. The third kappa shape index (κ3) is 2.87. The van der Waals surface area contributed by atoms with Crippen LogP contribution in [0.3, 0.4) is 0 Å². The lowest BCUT2D eigenvalue weighted by Gasteiger charge is -1.96. The topological polar surface area (TPSA) is 52.1 Å². The lowest BCUT2D eigenvalue weighted by atomic mass is 10.7. The van der Waals surface area contributed by atoms with Gasteiger partial charge in [-0.25, -0.2) is 9.97 Å². The van der Waals surface area contributed by atoms with Crippen LogP contribution in [0.15, 0.2) is 23.6 Å². The maximum absolute atomic E-state index is 10.7. The van der Waals surface area contributed by atoms with Gasteiger partial charge in [-0.15, -0.1) is 0 Å². The number of aromatic nitrogens is 2. The van der Waals surface area contributed by atoms with Crippen molar-refractivity contribution in [1.82, 2.24) is 9.97 Å². The third-order valence-corrected chi connectivity index (χ3v) is 1.94. The van der Waals surface area contributed by atoms with Crippen LogP contribution in [0.5, 0.6) is 0 Å². The minimum absolute atomic E-state index is 0.251. The Morgan fingerprint density at radius 2 is 2.25 bits per heavy atom. The molecular weight excluding hydrogens is 176 g/mol. The normalized spacial score (nSPS) is 9.42. The molecule has 0 N–H and O–H groups in total. The summed E-state index contributed by atoms with van der Waals surface area (Å²) in [4.78, 5) is 18.5. The summed E-state index contributed by atoms with van der Waals surface area (Å²) in [6.45, 7) is 0. The predicted molar refractivity (Wildman–Crippen MR) is 44.8 cm³/mol. The number of hydrogen-bond donors (Lipinski definition) is 0. The third-order valence-electron chi connectivity index (χ3n) is 1.09. The van der Waals surface area contributed by atoms with Gasteiger partial charge >= 0.3 is 5.97 Å². The highest BCUT2D eigenvalue weighted by molar-refractivity contribution is 7.99. The Bertz CT molecular complexity index is 253. The molecule has 0 amide bonds. The summed E-state index contributed by atoms with van der Waals surface area (Å²) in [5, 5.41) is 0.586. The highest BCUT2D eigenvalue weighted by Crippen LogP contribution is 2.10. The van der Waals surface area contributed by atoms with Crippen LogP contribution in [0, 0.1) is 0 Å². The molecule has 0 unspecified atom stereocenters. The maximum Gasteiger partial charge on any atom is 0.316 e. The zero-order valence-corrected chi connectivity index (χ0v) is 7.37. The number of thioether (sulfide) groups is 1. The second-order valence-electron chi connectivity index (χ2n) is 1.90. The first-order chi connectivity index (χ1) is 5.83. The Hall–Kier alpha value is -1.10. The molecule has 1 aromatic heterocycles. The van der Waals surface area contributed by atoms with E-state index in [1.807, 2.05) is 0 Å². The number of hydrogen-bond acceptors (Lipinski definition) is 5. The summed E-state index contributed by atoms with van der Waals surface area (Å²) in [6.07, 6.45) is 3.26. The van der Waals surface area contributed by atoms with E-state index in [9.17, 15) is 4.79 Å². The Labute approximate surface area is 74.4 Å². The maximum atomic E-state index is 10.7. The summed E-state index contributed by atoms with van der Waals surface area (Å²) in [5.41, 5.74) is 0. The number of carbonyl (C=O) groups excluding carboxylic acids is 1. The fraction of sp³-hybridized carbons (Fsp3) is 0.286. The molecule has 0 aliphatic heterocycles. The lowest BCUT2D eigenvalue weighted by molar-refractivity contribution is -0.137. The van der Waals surface area contributed by atoms with E-state index < -0.39 is 0 Å². The van der Waals surface area contributed by atoms with Crippen molar-refractivity contribution in [2.75, 3.05) is 12.9 Å². The molecule has 0 atom stereocenters. The van der Waals surface area contributed by atoms with E-state index >= 15 is 0 Å². The van der Waals surface area contributed by atoms with Crippen molar-refractivity contribution in [3.8, 4) is 0 Å². The van der Waals surface area contributed by atoms with Crippen LogP contribution < -0.4 is 0 Å². The number of nitrogens with zero attached hydrogens (tertiary/aromatic N) is 2. The highest BCUT2D eigenvalue weighted by atomic mass is 32.2. The van der Waals surface area contributed by atoms with Crippen molar-refractivity contribution in [1.29, 1.82) is 0 Å². The SMILES string of the molecule is COC(=O)CSc1ncccn1. The molecule has 0 bridgehead atoms. The molecule has 0 saturated heterocycles. The first-order valence-corrected chi connectivity index (χ1v) is 4.28. The average molecular weight is 184 g/mol. The van der Waals surface area contributed by atoms with Crippen LogP contribution in [-0.4, -0.2) is 28.8 Å². The van der Waals surface area contributed by atoms with E-state index in [-0.39, 0.29) is 11.7 Å². The summed E-state index contributed by atoms with van der Waals surface area (Å²) in [6, 6.07) is 1.72. The summed E-state index contributed by atoms with van der Waals surface area (Å²) >= 11 is 1.26. The van der Waals surface area contributed by atoms with E-state index in [2.05, 4.69) is 14.7 Å². The fourth-order valence-corrected chi connectivity index (χ4v) is 1.18. The lowest BCUT2D eigenvalue weighted by Crippen LogP contribution is -2.03. The summed E-state index contributed by atoms with van der Waals surface area (Å²) in [5.74, 6) is -0.0204. The molecule has 0 saturated carbocycles. The molecular formula is C7H8N2O2S. The van der Waals surface area contributed by atoms with E-state index in [4.69, 9.17) is 0 Å². The predicted octanol–water partition coefficient (Wildman–Crippen LogP) is 0.742. The molecule has 0 radical (unpaired) electrons. The number of ether oxygens (including phenoxy) is 1. The summed E-state index contributed by atoms with van der Waals surface area (Å²) in [7, 11) is 1.36. The molecule has 0 aliphatic rings. The Kier molecular flexibility index (Phi) is 3.53. The smallest absolute Gasteiger partial charge is 0.316 e. The molecule has 12 heavy (non-hydrogen) atoms. The van der Waals surface area contributed by atoms with Gasteiger partial charge in [0, 0.05) is 12.4 Å². The van der Waals surface area contributed by atoms with Crippen LogP contribution in [0.4, 0.5) is 0 Å². The minimum Gasteiger partial charge on any atom is -0.468 e. The second-order valence-corrected chi connectivity index (χ2v) is 2.84. The van der Waals surface area contributed by atoms with Gasteiger partial charge in [-0.05, 0) is 6.07 Å². The van der Waals surface area contributed by atoms with Crippen LogP contribution in [0.25, 0.3) is 0 Å². The zero-order chi connectivity index (χ0) is 8.81. The van der Waals surface area contributed by atoms with Gasteiger partial charge in [-0.3, -0.25) is 4.79 Å². The van der Waals surface area contributed by atoms with Crippen LogP contribution >= 0.6 is 11.8 Å². The molecule has 0 spiro atoms. The van der Waals surface area contributed by atoms with Gasteiger partial charge in [0.05, 0.1) is 12.9 Å². The Balaban J connectivity index is 2.38. The van der Waals surface area contributed by atoms with E-state index in [1.165, 1.54) is 18.9 Å². The fourth-order valence-electron chi connectivity index (χ4n) is 0.542. The molecule has 4 nitrogen and oxygen atoms in total. The van der Waals surface area contributed by atoms with Crippen molar-refractivity contribution in [3.63, 3.8) is 0 Å². The van der Waals surface area contributed by atoms with Crippen LogP contribution in [-0.2, 0) is 9.53 Å². The van der Waals surface area contributed by atoms with Crippen molar-refractivity contribution in [2.45, 2.75) is 5.16 Å². The van der Waals surface area contributed by atoms with Crippen molar-refractivity contribution < 1.29 is 9.53 Å². The first-order valence-electron chi connectivity index (χ1n) is 3.29. The molecule has 1 aromatic rings. The number of rotatable bonds is 3. The van der Waals surface area contributed by atoms with Gasteiger partial charge in [0.15, 0.2) is 5.16 Å². The Morgan fingerprint density at radius 1 is 1.58 bits per heavy atom. The number of esters is 1. The number of carbonyl (C=O) groups is 1. The van der Waals surface area contributed by atoms with Crippen molar-refractivity contribution in [3.05, 3.63) is 18.5 Å².